The fraction of sp³-hybridized carbons (Fsp3) is 0.543. The predicted octanol–water partition coefficient (Wildman–Crippen LogP) is -3.00. The number of ether oxygens (including phenoxy) is 7. The van der Waals surface area contributed by atoms with Crippen molar-refractivity contribution in [1.29, 1.82) is 0 Å². The Morgan fingerprint density at radius 1 is 0.732 bits per heavy atom. The van der Waals surface area contributed by atoms with Crippen LogP contribution in [0.3, 0.4) is 0 Å². The Bertz CT molecular complexity index is 1900. The van der Waals surface area contributed by atoms with Crippen LogP contribution in [-0.4, -0.2) is 167 Å². The number of rotatable bonds is 10. The summed E-state index contributed by atoms with van der Waals surface area (Å²) in [5, 5.41) is 114. The molecule has 0 saturated carbocycles. The lowest BCUT2D eigenvalue weighted by molar-refractivity contribution is -0.361. The van der Waals surface area contributed by atoms with Crippen molar-refractivity contribution in [3.63, 3.8) is 0 Å². The van der Waals surface area contributed by atoms with Gasteiger partial charge in [0.05, 0.1) is 19.3 Å². The number of fused-ring (bicyclic) bond motifs is 1. The van der Waals surface area contributed by atoms with Gasteiger partial charge >= 0.3 is 5.97 Å². The molecule has 1 aromatic heterocycles. The zero-order chi connectivity index (χ0) is 40.7. The van der Waals surface area contributed by atoms with Crippen LogP contribution >= 0.6 is 0 Å². The summed E-state index contributed by atoms with van der Waals surface area (Å²) in [6.07, 6.45) is -25.7. The van der Waals surface area contributed by atoms with Gasteiger partial charge in [-0.15, -0.1) is 0 Å². The second kappa shape index (κ2) is 16.7. The second-order valence-electron chi connectivity index (χ2n) is 13.5. The fourth-order valence-corrected chi connectivity index (χ4v) is 6.61. The van der Waals surface area contributed by atoms with Crippen LogP contribution in [0.15, 0.2) is 45.6 Å². The van der Waals surface area contributed by atoms with Crippen molar-refractivity contribution in [1.82, 2.24) is 0 Å². The maximum absolute atomic E-state index is 13.8. The molecule has 3 aromatic rings. The molecule has 3 aliphatic rings. The van der Waals surface area contributed by atoms with Crippen molar-refractivity contribution < 1.29 is 98.5 Å². The van der Waals surface area contributed by atoms with E-state index < -0.39 is 139 Å². The number of aliphatic hydroxyl groups excluding tert-OH is 8. The first kappa shape index (κ1) is 41.4. The van der Waals surface area contributed by atoms with Gasteiger partial charge in [0.15, 0.2) is 24.4 Å². The molecule has 0 radical (unpaired) electrons. The normalized spacial score (nSPS) is 36.3. The van der Waals surface area contributed by atoms with Crippen LogP contribution in [0.2, 0.25) is 0 Å². The molecule has 21 nitrogen and oxygen atoms in total. The zero-order valence-corrected chi connectivity index (χ0v) is 29.5. The minimum Gasteiger partial charge on any atom is -0.508 e. The van der Waals surface area contributed by atoms with E-state index in [1.54, 1.807) is 0 Å². The van der Waals surface area contributed by atoms with Crippen molar-refractivity contribution in [3.8, 4) is 34.3 Å². The van der Waals surface area contributed by atoms with E-state index in [4.69, 9.17) is 37.6 Å². The molecule has 6 rings (SSSR count). The van der Waals surface area contributed by atoms with Crippen molar-refractivity contribution in [2.24, 2.45) is 0 Å². The quantitative estimate of drug-likeness (QED) is 0.0911. The highest BCUT2D eigenvalue weighted by Gasteiger charge is 2.53. The topological polar surface area (TPSA) is 334 Å². The number of phenols is 3. The molecule has 0 spiro atoms. The Balaban J connectivity index is 1.24. The molecule has 3 fully saturated rings. The maximum Gasteiger partial charge on any atom is 0.303 e. The first-order chi connectivity index (χ1) is 26.5. The van der Waals surface area contributed by atoms with E-state index in [0.29, 0.717) is 0 Å². The van der Waals surface area contributed by atoms with Gasteiger partial charge in [-0.1, -0.05) is 0 Å². The lowest BCUT2D eigenvalue weighted by Gasteiger charge is -2.46. The number of aromatic hydroxyl groups is 3. The number of benzene rings is 2. The minimum absolute atomic E-state index is 0.143. The third-order valence-electron chi connectivity index (χ3n) is 9.57. The zero-order valence-electron chi connectivity index (χ0n) is 29.5. The van der Waals surface area contributed by atoms with Gasteiger partial charge in [-0.25, -0.2) is 0 Å². The van der Waals surface area contributed by atoms with Crippen molar-refractivity contribution in [2.75, 3.05) is 13.2 Å². The number of hydrogen-bond donors (Lipinski definition) is 11. The molecule has 11 N–H and O–H groups in total. The van der Waals surface area contributed by atoms with E-state index in [2.05, 4.69) is 0 Å². The Morgan fingerprint density at radius 2 is 1.36 bits per heavy atom. The number of phenolic OH excluding ortho intramolecular Hbond substituents is 3. The lowest BCUT2D eigenvalue weighted by atomic mass is 9.97. The van der Waals surface area contributed by atoms with Gasteiger partial charge in [0.1, 0.15) is 89.3 Å². The smallest absolute Gasteiger partial charge is 0.303 e. The number of aliphatic hydroxyl groups is 8. The predicted molar refractivity (Wildman–Crippen MR) is 181 cm³/mol. The third-order valence-corrected chi connectivity index (χ3v) is 9.57. The number of carbonyl (C=O) groups excluding carboxylic acids is 1. The van der Waals surface area contributed by atoms with Crippen LogP contribution in [0.4, 0.5) is 0 Å². The highest BCUT2D eigenvalue weighted by atomic mass is 16.8. The fourth-order valence-electron chi connectivity index (χ4n) is 6.61. The minimum atomic E-state index is -2.02. The summed E-state index contributed by atoms with van der Waals surface area (Å²) in [6, 6.07) is 7.15. The van der Waals surface area contributed by atoms with Gasteiger partial charge in [0, 0.05) is 24.6 Å². The highest BCUT2D eigenvalue weighted by Crippen LogP contribution is 2.38. The summed E-state index contributed by atoms with van der Waals surface area (Å²) in [5.74, 6) is -3.05. The van der Waals surface area contributed by atoms with E-state index in [1.165, 1.54) is 31.2 Å². The highest BCUT2D eigenvalue weighted by molar-refractivity contribution is 5.88. The summed E-state index contributed by atoms with van der Waals surface area (Å²) < 4.78 is 45.3. The van der Waals surface area contributed by atoms with E-state index in [1.807, 2.05) is 0 Å². The molecule has 2 aromatic carbocycles. The molecule has 4 heterocycles. The molecule has 0 amide bonds. The van der Waals surface area contributed by atoms with Crippen molar-refractivity contribution in [2.45, 2.75) is 106 Å². The number of carbonyl (C=O) groups is 1. The summed E-state index contributed by atoms with van der Waals surface area (Å²) >= 11 is 0. The number of hydrogen-bond acceptors (Lipinski definition) is 21. The van der Waals surface area contributed by atoms with Gasteiger partial charge in [0.25, 0.3) is 0 Å². The Morgan fingerprint density at radius 3 is 2.00 bits per heavy atom. The maximum atomic E-state index is 13.8. The first-order valence-electron chi connectivity index (χ1n) is 17.3. The average Bonchev–Trinajstić information content (AvgIpc) is 3.15. The Labute approximate surface area is 315 Å². The third kappa shape index (κ3) is 8.13. The van der Waals surface area contributed by atoms with Crippen LogP contribution < -0.4 is 10.2 Å². The molecule has 56 heavy (non-hydrogen) atoms. The monoisotopic (exact) mass is 798 g/mol. The molecular weight excluding hydrogens is 756 g/mol. The molecule has 21 heteroatoms. The molecule has 0 unspecified atom stereocenters. The van der Waals surface area contributed by atoms with E-state index in [9.17, 15) is 65.8 Å². The van der Waals surface area contributed by atoms with E-state index in [-0.39, 0.29) is 22.7 Å². The molecule has 0 bridgehead atoms. The number of esters is 1. The SMILES string of the molecule is CC(=O)O[C@@H]1[C@@H](O[C@@H]2O[C@H](CO)[C@@H](O)[C@H](O)[C@@H]2O)[C@@H](O)[C@H](OC[C@H]2O[C@@H](Oc3c(-c4ccc(O)cc4)oc4cc(O)cc(O)c4c3=O)[C@H](O)[C@@H](O)[C@H]2O)O[C@H]1C. The van der Waals surface area contributed by atoms with Gasteiger partial charge in [-0.2, -0.15) is 0 Å². The average molecular weight is 799 g/mol. The molecule has 15 atom stereocenters. The molecular formula is C35H42O21. The van der Waals surface area contributed by atoms with Crippen LogP contribution in [0.1, 0.15) is 13.8 Å². The van der Waals surface area contributed by atoms with E-state index in [0.717, 1.165) is 19.1 Å². The van der Waals surface area contributed by atoms with Crippen molar-refractivity contribution >= 4 is 16.9 Å². The summed E-state index contributed by atoms with van der Waals surface area (Å²) in [7, 11) is 0. The van der Waals surface area contributed by atoms with Crippen LogP contribution in [0, 0.1) is 0 Å². The summed E-state index contributed by atoms with van der Waals surface area (Å²) in [5.41, 5.74) is -1.12. The second-order valence-corrected chi connectivity index (χ2v) is 13.5. The largest absolute Gasteiger partial charge is 0.508 e. The van der Waals surface area contributed by atoms with Gasteiger partial charge in [-0.05, 0) is 31.2 Å². The molecule has 3 saturated heterocycles. The van der Waals surface area contributed by atoms with Crippen LogP contribution in [-0.2, 0) is 33.2 Å². The van der Waals surface area contributed by atoms with Gasteiger partial charge < -0.3 is 93.7 Å². The van der Waals surface area contributed by atoms with Gasteiger partial charge in [-0.3, -0.25) is 9.59 Å². The Kier molecular flexibility index (Phi) is 12.4. The van der Waals surface area contributed by atoms with Crippen LogP contribution in [0.5, 0.6) is 23.0 Å². The van der Waals surface area contributed by atoms with Gasteiger partial charge in [0.2, 0.25) is 17.5 Å². The van der Waals surface area contributed by atoms with E-state index >= 15 is 0 Å². The Hall–Kier alpha value is -4.20. The summed E-state index contributed by atoms with van der Waals surface area (Å²) in [6.45, 7) is 0.967. The molecule has 308 valence electrons. The van der Waals surface area contributed by atoms with Crippen LogP contribution in [0.25, 0.3) is 22.3 Å². The standard InChI is InChI=1S/C35H42O21/c1-11-29(51-12(2)37)32(56-34-26(46)24(44)21(41)18(9-36)53-34)28(48)33(50-11)49-10-19-22(42)25(45)27(47)35(54-19)55-31-23(43)20-16(40)7-15(39)8-17(20)52-30(31)13-3-5-14(38)6-4-13/h3-8,11,18-19,21-22,24-29,32-36,38-42,44-48H,9-10H2,1-2H3/t11-,18+,19+,21+,22-,24-,25-,26-,27+,28+,29-,32-,33+,34-,35-/m0/s1. The molecule has 3 aliphatic heterocycles. The van der Waals surface area contributed by atoms with Crippen molar-refractivity contribution in [3.05, 3.63) is 46.6 Å². The first-order valence-corrected chi connectivity index (χ1v) is 17.3. The lowest BCUT2D eigenvalue weighted by Crippen LogP contribution is -2.65. The summed E-state index contributed by atoms with van der Waals surface area (Å²) in [4.78, 5) is 25.8. The molecule has 0 aliphatic carbocycles.